The van der Waals surface area contributed by atoms with Crippen LogP contribution >= 0.6 is 34.5 Å². The summed E-state index contributed by atoms with van der Waals surface area (Å²) in [5.74, 6) is -0.347. The number of nitriles is 1. The molecule has 6 heteroatoms. The fraction of sp³-hybridized carbons (Fsp3) is 0.200. The molecule has 1 aliphatic rings. The minimum atomic E-state index is -0.511. The van der Waals surface area contributed by atoms with Gasteiger partial charge in [-0.2, -0.15) is 5.26 Å². The van der Waals surface area contributed by atoms with E-state index in [2.05, 4.69) is 6.07 Å². The van der Waals surface area contributed by atoms with Crippen LogP contribution < -0.4 is 0 Å². The molecule has 1 heterocycles. The molecular weight excluding hydrogens is 390 g/mol. The third-order valence-corrected chi connectivity index (χ3v) is 6.48. The van der Waals surface area contributed by atoms with Crippen molar-refractivity contribution >= 4 is 34.5 Å². The highest BCUT2D eigenvalue weighted by molar-refractivity contribution is 7.12. The number of nitrogens with zero attached hydrogens (tertiary/aromatic N) is 2. The summed E-state index contributed by atoms with van der Waals surface area (Å²) >= 11 is 13.9. The van der Waals surface area contributed by atoms with Crippen molar-refractivity contribution < 1.29 is 4.39 Å². The predicted octanol–water partition coefficient (Wildman–Crippen LogP) is 6.52. The first-order valence-corrected chi connectivity index (χ1v) is 9.66. The maximum atomic E-state index is 14.6. The van der Waals surface area contributed by atoms with E-state index < -0.39 is 5.41 Å². The van der Waals surface area contributed by atoms with Gasteiger partial charge in [0.1, 0.15) is 10.8 Å². The van der Waals surface area contributed by atoms with Crippen LogP contribution in [-0.4, -0.2) is 4.98 Å². The Kier molecular flexibility index (Phi) is 4.27. The summed E-state index contributed by atoms with van der Waals surface area (Å²) in [4.78, 5) is 5.82. The lowest BCUT2D eigenvalue weighted by molar-refractivity contribution is 0.592. The van der Waals surface area contributed by atoms with Crippen LogP contribution in [0.3, 0.4) is 0 Å². The number of thiazole rings is 1. The van der Waals surface area contributed by atoms with Gasteiger partial charge < -0.3 is 0 Å². The van der Waals surface area contributed by atoms with Gasteiger partial charge in [-0.05, 0) is 50.1 Å². The molecule has 4 rings (SSSR count). The molecule has 2 nitrogen and oxygen atoms in total. The molecule has 26 heavy (non-hydrogen) atoms. The van der Waals surface area contributed by atoms with Crippen molar-refractivity contribution in [2.75, 3.05) is 0 Å². The van der Waals surface area contributed by atoms with Gasteiger partial charge in [-0.3, -0.25) is 0 Å². The molecule has 0 N–H and O–H groups in total. The van der Waals surface area contributed by atoms with E-state index in [0.29, 0.717) is 21.2 Å². The van der Waals surface area contributed by atoms with E-state index >= 15 is 0 Å². The molecule has 1 fully saturated rings. The Morgan fingerprint density at radius 3 is 2.65 bits per heavy atom. The quantitative estimate of drug-likeness (QED) is 0.500. The Hall–Kier alpha value is -1.93. The molecule has 3 aromatic rings. The van der Waals surface area contributed by atoms with E-state index in [0.717, 1.165) is 34.0 Å². The van der Waals surface area contributed by atoms with E-state index in [-0.39, 0.29) is 5.82 Å². The van der Waals surface area contributed by atoms with Crippen LogP contribution in [0.25, 0.3) is 11.3 Å². The second kappa shape index (κ2) is 6.35. The lowest BCUT2D eigenvalue weighted by Gasteiger charge is -2.15. The largest absolute Gasteiger partial charge is 0.240 e. The van der Waals surface area contributed by atoms with Gasteiger partial charge in [-0.15, -0.1) is 11.3 Å². The first kappa shape index (κ1) is 17.5. The third kappa shape index (κ3) is 2.72. The molecule has 0 bridgehead atoms. The molecule has 0 aliphatic heterocycles. The summed E-state index contributed by atoms with van der Waals surface area (Å²) in [7, 11) is 0. The standard InChI is InChI=1S/C20H13Cl2FN2S/c1-11-18(14-6-5-13(21)9-15(14)22)25-19(26-11)20(7-8-20)17-12(10-24)3-2-4-16(17)23/h2-6,9H,7-8H2,1H3. The van der Waals surface area contributed by atoms with Crippen molar-refractivity contribution in [3.8, 4) is 17.3 Å². The smallest absolute Gasteiger partial charge is 0.128 e. The molecule has 0 unspecified atom stereocenters. The Morgan fingerprint density at radius 2 is 2.00 bits per heavy atom. The maximum Gasteiger partial charge on any atom is 0.128 e. The molecule has 2 aromatic carbocycles. The Balaban J connectivity index is 1.85. The van der Waals surface area contributed by atoms with Gasteiger partial charge in [0.25, 0.3) is 0 Å². The zero-order chi connectivity index (χ0) is 18.5. The minimum Gasteiger partial charge on any atom is -0.240 e. The first-order chi connectivity index (χ1) is 12.5. The first-order valence-electron chi connectivity index (χ1n) is 8.09. The molecule has 1 aromatic heterocycles. The van der Waals surface area contributed by atoms with Crippen LogP contribution in [0.2, 0.25) is 10.0 Å². The van der Waals surface area contributed by atoms with E-state index in [1.807, 2.05) is 13.0 Å². The molecule has 0 spiro atoms. The molecule has 0 atom stereocenters. The highest BCUT2D eigenvalue weighted by Gasteiger charge is 2.51. The van der Waals surface area contributed by atoms with Crippen LogP contribution in [0, 0.1) is 24.1 Å². The van der Waals surface area contributed by atoms with Crippen molar-refractivity contribution in [1.82, 2.24) is 4.98 Å². The lowest BCUT2D eigenvalue weighted by Crippen LogP contribution is -2.13. The van der Waals surface area contributed by atoms with Gasteiger partial charge in [0, 0.05) is 21.0 Å². The topological polar surface area (TPSA) is 36.7 Å². The number of benzene rings is 2. The fourth-order valence-corrected chi connectivity index (χ4v) is 5.01. The van der Waals surface area contributed by atoms with Crippen LogP contribution in [0.5, 0.6) is 0 Å². The number of rotatable bonds is 3. The normalized spacial score (nSPS) is 14.9. The number of aromatic nitrogens is 1. The monoisotopic (exact) mass is 402 g/mol. The van der Waals surface area contributed by atoms with Gasteiger partial charge in [0.05, 0.1) is 27.8 Å². The summed E-state index contributed by atoms with van der Waals surface area (Å²) in [6.45, 7) is 1.98. The van der Waals surface area contributed by atoms with Crippen LogP contribution in [0.4, 0.5) is 4.39 Å². The minimum absolute atomic E-state index is 0.347. The number of halogens is 3. The molecular formula is C20H13Cl2FN2S. The summed E-state index contributed by atoms with van der Waals surface area (Å²) in [6, 6.07) is 12.1. The third-order valence-electron chi connectivity index (χ3n) is 4.75. The predicted molar refractivity (Wildman–Crippen MR) is 103 cm³/mol. The van der Waals surface area contributed by atoms with Crippen LogP contribution in [-0.2, 0) is 5.41 Å². The van der Waals surface area contributed by atoms with Crippen LogP contribution in [0.1, 0.15) is 33.9 Å². The van der Waals surface area contributed by atoms with E-state index in [9.17, 15) is 9.65 Å². The summed E-state index contributed by atoms with van der Waals surface area (Å²) in [5.41, 5.74) is 1.92. The highest BCUT2D eigenvalue weighted by atomic mass is 35.5. The fourth-order valence-electron chi connectivity index (χ4n) is 3.33. The van der Waals surface area contributed by atoms with E-state index in [1.54, 1.807) is 24.3 Å². The van der Waals surface area contributed by atoms with Gasteiger partial charge >= 0.3 is 0 Å². The Labute approximate surface area is 164 Å². The van der Waals surface area contributed by atoms with Crippen molar-refractivity contribution in [3.63, 3.8) is 0 Å². The number of aryl methyl sites for hydroxylation is 1. The summed E-state index contributed by atoms with van der Waals surface area (Å²) in [5, 5.41) is 11.3. The average Bonchev–Trinajstić information content (AvgIpc) is 3.31. The van der Waals surface area contributed by atoms with Crippen LogP contribution in [0.15, 0.2) is 36.4 Å². The number of hydrogen-bond donors (Lipinski definition) is 0. The lowest BCUT2D eigenvalue weighted by atomic mass is 9.91. The van der Waals surface area contributed by atoms with E-state index in [4.69, 9.17) is 28.2 Å². The van der Waals surface area contributed by atoms with Crippen molar-refractivity contribution in [2.24, 2.45) is 0 Å². The Bertz CT molecular complexity index is 1060. The Morgan fingerprint density at radius 1 is 1.23 bits per heavy atom. The van der Waals surface area contributed by atoms with Crippen molar-refractivity contribution in [3.05, 3.63) is 73.3 Å². The van der Waals surface area contributed by atoms with Crippen molar-refractivity contribution in [2.45, 2.75) is 25.2 Å². The molecule has 1 saturated carbocycles. The zero-order valence-corrected chi connectivity index (χ0v) is 16.1. The number of hydrogen-bond acceptors (Lipinski definition) is 3. The van der Waals surface area contributed by atoms with Crippen molar-refractivity contribution in [1.29, 1.82) is 5.26 Å². The average molecular weight is 403 g/mol. The summed E-state index contributed by atoms with van der Waals surface area (Å²) < 4.78 is 14.6. The second-order valence-corrected chi connectivity index (χ2v) is 8.45. The molecule has 0 amide bonds. The van der Waals surface area contributed by atoms with Gasteiger partial charge in [0.2, 0.25) is 0 Å². The molecule has 0 radical (unpaired) electrons. The second-order valence-electron chi connectivity index (χ2n) is 6.40. The van der Waals surface area contributed by atoms with Gasteiger partial charge in [-0.1, -0.05) is 29.3 Å². The molecule has 1 aliphatic carbocycles. The van der Waals surface area contributed by atoms with Gasteiger partial charge in [0.15, 0.2) is 0 Å². The molecule has 130 valence electrons. The highest BCUT2D eigenvalue weighted by Crippen LogP contribution is 2.57. The van der Waals surface area contributed by atoms with Gasteiger partial charge in [-0.25, -0.2) is 9.37 Å². The van der Waals surface area contributed by atoms with E-state index in [1.165, 1.54) is 17.4 Å². The SMILES string of the molecule is Cc1sc(C2(c3c(F)cccc3C#N)CC2)nc1-c1ccc(Cl)cc1Cl. The summed E-state index contributed by atoms with van der Waals surface area (Å²) in [6.07, 6.45) is 1.56. The maximum absolute atomic E-state index is 14.6. The zero-order valence-electron chi connectivity index (χ0n) is 13.8. The molecule has 0 saturated heterocycles.